The van der Waals surface area contributed by atoms with Gasteiger partial charge in [-0.25, -0.2) is 0 Å². The van der Waals surface area contributed by atoms with Gasteiger partial charge in [-0.05, 0) is 17.0 Å². The summed E-state index contributed by atoms with van der Waals surface area (Å²) in [6.07, 6.45) is 0. The fourth-order valence-corrected chi connectivity index (χ4v) is 1.19. The molecule has 15 heavy (non-hydrogen) atoms. The van der Waals surface area contributed by atoms with E-state index in [9.17, 15) is 10.2 Å². The lowest BCUT2D eigenvalue weighted by molar-refractivity contribution is -0.402. The molecule has 0 radical (unpaired) electrons. The van der Waals surface area contributed by atoms with Crippen molar-refractivity contribution in [3.63, 3.8) is 0 Å². The molecule has 0 aliphatic rings. The zero-order chi connectivity index (χ0) is 11.4. The lowest BCUT2D eigenvalue weighted by Gasteiger charge is -2.10. The molecular formula is C9H12O5S. The molecule has 1 rings (SSSR count). The normalized spacial score (nSPS) is 10.7. The van der Waals surface area contributed by atoms with Gasteiger partial charge < -0.3 is 15.1 Å². The van der Waals surface area contributed by atoms with Gasteiger partial charge in [-0.1, -0.05) is 13.8 Å². The average molecular weight is 232 g/mol. The van der Waals surface area contributed by atoms with E-state index in [2.05, 4.69) is 27.2 Å². The van der Waals surface area contributed by atoms with Crippen molar-refractivity contribution in [2.24, 2.45) is 0 Å². The Morgan fingerprint density at radius 3 is 2.40 bits per heavy atom. The van der Waals surface area contributed by atoms with Crippen LogP contribution in [0.1, 0.15) is 25.3 Å². The minimum atomic E-state index is -0.151. The molecular weight excluding hydrogens is 220 g/mol. The first-order valence-electron chi connectivity index (χ1n) is 4.27. The molecule has 5 nitrogen and oxygen atoms in total. The summed E-state index contributed by atoms with van der Waals surface area (Å²) in [5.41, 5.74) is 0.617. The molecule has 84 valence electrons. The topological polar surface area (TPSA) is 68.2 Å². The minimum Gasteiger partial charge on any atom is -0.508 e. The van der Waals surface area contributed by atoms with Gasteiger partial charge in [0.15, 0.2) is 5.75 Å². The first-order valence-corrected chi connectivity index (χ1v) is 4.63. The minimum absolute atomic E-state index is 0.0144. The maximum Gasteiger partial charge on any atom is 0.213 e. The van der Waals surface area contributed by atoms with Crippen molar-refractivity contribution >= 4 is 12.9 Å². The molecule has 1 aromatic rings. The van der Waals surface area contributed by atoms with Crippen LogP contribution in [0.4, 0.5) is 0 Å². The number of phenolic OH excluding ortho intramolecular Hbond substituents is 2. The Labute approximate surface area is 92.7 Å². The van der Waals surface area contributed by atoms with Gasteiger partial charge in [0.1, 0.15) is 5.75 Å². The van der Waals surface area contributed by atoms with E-state index in [1.54, 1.807) is 0 Å². The van der Waals surface area contributed by atoms with E-state index in [0.29, 0.717) is 5.56 Å². The maximum atomic E-state index is 9.58. The Bertz CT molecular complexity index is 340. The second-order valence-corrected chi connectivity index (χ2v) is 3.41. The Balaban J connectivity index is 2.97. The number of benzene rings is 1. The van der Waals surface area contributed by atoms with Gasteiger partial charge in [-0.15, -0.1) is 4.33 Å². The Kier molecular flexibility index (Phi) is 4.07. The maximum absolute atomic E-state index is 9.58. The molecule has 0 bridgehead atoms. The SMILES string of the molecule is CC(C)c1cc(O)c(OOOS)cc1O. The molecule has 0 saturated heterocycles. The van der Waals surface area contributed by atoms with Crippen molar-refractivity contribution in [3.8, 4) is 17.2 Å². The fourth-order valence-electron chi connectivity index (χ4n) is 1.15. The predicted molar refractivity (Wildman–Crippen MR) is 55.6 cm³/mol. The third kappa shape index (κ3) is 2.92. The highest BCUT2D eigenvalue weighted by Crippen LogP contribution is 2.36. The van der Waals surface area contributed by atoms with Crippen LogP contribution < -0.4 is 4.89 Å². The summed E-state index contributed by atoms with van der Waals surface area (Å²) < 4.78 is 3.90. The molecule has 2 N–H and O–H groups in total. The van der Waals surface area contributed by atoms with E-state index in [-0.39, 0.29) is 23.2 Å². The summed E-state index contributed by atoms with van der Waals surface area (Å²) in [4.78, 5) is 4.49. The molecule has 0 heterocycles. The van der Waals surface area contributed by atoms with E-state index in [0.717, 1.165) is 0 Å². The summed E-state index contributed by atoms with van der Waals surface area (Å²) in [6, 6.07) is 2.63. The highest BCUT2D eigenvalue weighted by molar-refractivity contribution is 7.74. The van der Waals surface area contributed by atoms with Gasteiger partial charge >= 0.3 is 0 Å². The fraction of sp³-hybridized carbons (Fsp3) is 0.333. The number of phenols is 2. The van der Waals surface area contributed by atoms with Crippen molar-refractivity contribution in [2.75, 3.05) is 0 Å². The van der Waals surface area contributed by atoms with Gasteiger partial charge in [0.05, 0.1) is 0 Å². The van der Waals surface area contributed by atoms with Crippen LogP contribution in [0.25, 0.3) is 0 Å². The number of thiol groups is 1. The van der Waals surface area contributed by atoms with Crippen LogP contribution in [0.3, 0.4) is 0 Å². The second kappa shape index (κ2) is 5.11. The molecule has 0 aliphatic carbocycles. The molecule has 0 aliphatic heterocycles. The van der Waals surface area contributed by atoms with Crippen LogP contribution in [0.2, 0.25) is 0 Å². The molecule has 1 aromatic carbocycles. The van der Waals surface area contributed by atoms with E-state index in [1.165, 1.54) is 12.1 Å². The van der Waals surface area contributed by atoms with Crippen molar-refractivity contribution < 1.29 is 24.5 Å². The molecule has 0 aromatic heterocycles. The van der Waals surface area contributed by atoms with Gasteiger partial charge in [0, 0.05) is 24.5 Å². The quantitative estimate of drug-likeness (QED) is 0.244. The standard InChI is InChI=1S/C9H12O5S/c1-5(2)6-3-8(11)9(4-7(6)10)12-13-14-15/h3-5,10-11,15H,1-2H3. The van der Waals surface area contributed by atoms with E-state index in [1.807, 2.05) is 13.8 Å². The lowest BCUT2D eigenvalue weighted by atomic mass is 10.0. The highest BCUT2D eigenvalue weighted by Gasteiger charge is 2.13. The van der Waals surface area contributed by atoms with E-state index < -0.39 is 0 Å². The van der Waals surface area contributed by atoms with Crippen LogP contribution >= 0.6 is 12.9 Å². The number of hydrogen-bond donors (Lipinski definition) is 3. The lowest BCUT2D eigenvalue weighted by Crippen LogP contribution is -1.95. The van der Waals surface area contributed by atoms with E-state index in [4.69, 9.17) is 0 Å². The van der Waals surface area contributed by atoms with Crippen LogP contribution in [-0.2, 0) is 9.37 Å². The van der Waals surface area contributed by atoms with Crippen LogP contribution in [0.5, 0.6) is 17.2 Å². The van der Waals surface area contributed by atoms with Crippen LogP contribution in [0.15, 0.2) is 12.1 Å². The number of rotatable bonds is 4. The van der Waals surface area contributed by atoms with Gasteiger partial charge in [0.2, 0.25) is 5.75 Å². The molecule has 0 spiro atoms. The van der Waals surface area contributed by atoms with Gasteiger partial charge in [-0.2, -0.15) is 0 Å². The summed E-state index contributed by atoms with van der Waals surface area (Å²) in [5.74, 6) is -0.0969. The average Bonchev–Trinajstić information content (AvgIpc) is 2.18. The molecule has 0 atom stereocenters. The number of hydrogen-bond acceptors (Lipinski definition) is 6. The Morgan fingerprint density at radius 2 is 1.87 bits per heavy atom. The predicted octanol–water partition coefficient (Wildman–Crippen LogP) is 2.31. The largest absolute Gasteiger partial charge is 0.508 e. The molecule has 0 unspecified atom stereocenters. The highest BCUT2D eigenvalue weighted by atomic mass is 32.1. The summed E-state index contributed by atoms with van der Waals surface area (Å²) >= 11 is 3.27. The Hall–Kier alpha value is -1.11. The Morgan fingerprint density at radius 1 is 1.20 bits per heavy atom. The van der Waals surface area contributed by atoms with E-state index >= 15 is 0 Å². The first-order chi connectivity index (χ1) is 7.06. The van der Waals surface area contributed by atoms with Crippen LogP contribution in [0, 0.1) is 0 Å². The van der Waals surface area contributed by atoms with Crippen molar-refractivity contribution in [1.29, 1.82) is 0 Å². The smallest absolute Gasteiger partial charge is 0.213 e. The first kappa shape index (κ1) is 12.0. The van der Waals surface area contributed by atoms with Crippen molar-refractivity contribution in [1.82, 2.24) is 0 Å². The second-order valence-electron chi connectivity index (χ2n) is 3.26. The molecule has 0 fully saturated rings. The summed E-state index contributed by atoms with van der Waals surface area (Å²) in [5, 5.41) is 23.1. The zero-order valence-corrected chi connectivity index (χ0v) is 9.19. The number of aromatic hydroxyl groups is 2. The molecule has 0 amide bonds. The van der Waals surface area contributed by atoms with Crippen molar-refractivity contribution in [2.45, 2.75) is 19.8 Å². The zero-order valence-electron chi connectivity index (χ0n) is 8.30. The van der Waals surface area contributed by atoms with Crippen molar-refractivity contribution in [3.05, 3.63) is 17.7 Å². The monoisotopic (exact) mass is 232 g/mol. The third-order valence-corrected chi connectivity index (χ3v) is 1.95. The van der Waals surface area contributed by atoms with Gasteiger partial charge in [-0.3, -0.25) is 0 Å². The summed E-state index contributed by atoms with van der Waals surface area (Å²) in [6.45, 7) is 3.78. The molecule has 6 heteroatoms. The van der Waals surface area contributed by atoms with Crippen LogP contribution in [-0.4, -0.2) is 10.2 Å². The van der Waals surface area contributed by atoms with Gasteiger partial charge in [0.25, 0.3) is 0 Å². The summed E-state index contributed by atoms with van der Waals surface area (Å²) in [7, 11) is 0. The third-order valence-electron chi connectivity index (χ3n) is 1.88. The molecule has 0 saturated carbocycles.